The van der Waals surface area contributed by atoms with Crippen LogP contribution in [0.15, 0.2) is 34.4 Å². The first-order valence-electron chi connectivity index (χ1n) is 9.98. The number of aryl methyl sites for hydroxylation is 2. The monoisotopic (exact) mass is 413 g/mol. The fraction of sp³-hybridized carbons (Fsp3) is 0.429. The summed E-state index contributed by atoms with van der Waals surface area (Å²) in [4.78, 5) is 36.6. The maximum absolute atomic E-state index is 12.2. The van der Waals surface area contributed by atoms with Gasteiger partial charge in [0.05, 0.1) is 25.5 Å². The van der Waals surface area contributed by atoms with Gasteiger partial charge in [-0.05, 0) is 30.5 Å². The lowest BCUT2D eigenvalue weighted by molar-refractivity contribution is 0.0357. The summed E-state index contributed by atoms with van der Waals surface area (Å²) in [7, 11) is 0. The van der Waals surface area contributed by atoms with Crippen molar-refractivity contribution in [1.29, 1.82) is 0 Å². The molecule has 0 spiro atoms. The molecule has 0 aliphatic carbocycles. The number of morpholine rings is 1. The van der Waals surface area contributed by atoms with Gasteiger partial charge in [-0.15, -0.1) is 4.91 Å². The fourth-order valence-electron chi connectivity index (χ4n) is 3.91. The number of nitrogens with zero attached hydrogens (tertiary/aromatic N) is 3. The molecule has 1 saturated heterocycles. The van der Waals surface area contributed by atoms with Crippen molar-refractivity contribution in [3.05, 3.63) is 50.7 Å². The number of carbonyl (C=O) groups excluding carboxylic acids is 1. The first kappa shape index (κ1) is 20.2. The smallest absolute Gasteiger partial charge is 0.322 e. The summed E-state index contributed by atoms with van der Waals surface area (Å²) >= 11 is 0. The van der Waals surface area contributed by atoms with Crippen LogP contribution in [-0.4, -0.2) is 59.9 Å². The van der Waals surface area contributed by atoms with E-state index in [9.17, 15) is 19.6 Å². The lowest BCUT2D eigenvalue weighted by atomic mass is 9.96. The molecule has 2 aliphatic heterocycles. The molecule has 0 atom stereocenters. The van der Waals surface area contributed by atoms with Crippen LogP contribution in [0, 0.1) is 4.91 Å². The van der Waals surface area contributed by atoms with Crippen LogP contribution in [0.3, 0.4) is 0 Å². The molecule has 2 aromatic rings. The number of carbonyl (C=O) groups is 1. The molecule has 0 unspecified atom stereocenters. The van der Waals surface area contributed by atoms with Gasteiger partial charge in [0.1, 0.15) is 5.56 Å². The van der Waals surface area contributed by atoms with Crippen LogP contribution >= 0.6 is 0 Å². The van der Waals surface area contributed by atoms with Crippen LogP contribution in [0.5, 0.6) is 11.5 Å². The maximum Gasteiger partial charge on any atom is 0.322 e. The summed E-state index contributed by atoms with van der Waals surface area (Å²) in [5.41, 5.74) is 1.42. The average molecular weight is 413 g/mol. The zero-order chi connectivity index (χ0) is 21.1. The third kappa shape index (κ3) is 4.12. The van der Waals surface area contributed by atoms with E-state index in [0.717, 1.165) is 44.8 Å². The van der Waals surface area contributed by atoms with Crippen LogP contribution < -0.4 is 10.2 Å². The van der Waals surface area contributed by atoms with Crippen molar-refractivity contribution < 1.29 is 19.4 Å². The Balaban J connectivity index is 1.49. The Morgan fingerprint density at radius 3 is 2.77 bits per heavy atom. The van der Waals surface area contributed by atoms with Gasteiger partial charge in [0, 0.05) is 49.2 Å². The zero-order valence-corrected chi connectivity index (χ0v) is 16.5. The summed E-state index contributed by atoms with van der Waals surface area (Å²) < 4.78 is 12.9. The van der Waals surface area contributed by atoms with Crippen LogP contribution in [0.25, 0.3) is 11.3 Å². The summed E-state index contributed by atoms with van der Waals surface area (Å²) in [5, 5.41) is 12.8. The molecule has 1 fully saturated rings. The largest absolute Gasteiger partial charge is 0.504 e. The standard InChI is InChI=1S/C21H23N3O6/c25-18-12-17-15-11-19(26)20(30-7-1-3-23-5-8-29-9-6-23)10-14(15)2-4-24(17)13-16(18)21(27)22-28/h10-13,26H,1-9H2. The predicted octanol–water partition coefficient (Wildman–Crippen LogP) is 1.78. The van der Waals surface area contributed by atoms with Gasteiger partial charge in [0.15, 0.2) is 16.9 Å². The van der Waals surface area contributed by atoms with E-state index < -0.39 is 11.3 Å². The Morgan fingerprint density at radius 1 is 1.20 bits per heavy atom. The van der Waals surface area contributed by atoms with E-state index >= 15 is 0 Å². The van der Waals surface area contributed by atoms with E-state index in [4.69, 9.17) is 9.47 Å². The number of rotatable bonds is 6. The second-order valence-electron chi connectivity index (χ2n) is 7.41. The fourth-order valence-corrected chi connectivity index (χ4v) is 3.91. The van der Waals surface area contributed by atoms with Gasteiger partial charge in [-0.1, -0.05) is 0 Å². The van der Waals surface area contributed by atoms with E-state index in [-0.39, 0.29) is 11.3 Å². The minimum atomic E-state index is -1.08. The molecule has 9 nitrogen and oxygen atoms in total. The molecule has 0 saturated carbocycles. The van der Waals surface area contributed by atoms with Crippen LogP contribution in [0.2, 0.25) is 0 Å². The number of nitroso groups, excluding NO2 is 1. The minimum absolute atomic E-state index is 0.00395. The Hall–Kier alpha value is -3.04. The lowest BCUT2D eigenvalue weighted by Gasteiger charge is -2.26. The van der Waals surface area contributed by atoms with Crippen LogP contribution in [0.4, 0.5) is 0 Å². The molecule has 3 heterocycles. The Morgan fingerprint density at radius 2 is 2.00 bits per heavy atom. The maximum atomic E-state index is 12.2. The number of benzene rings is 1. The first-order chi connectivity index (χ1) is 14.6. The minimum Gasteiger partial charge on any atom is -0.504 e. The molecular weight excluding hydrogens is 390 g/mol. The molecule has 4 rings (SSSR count). The van der Waals surface area contributed by atoms with Gasteiger partial charge in [0.2, 0.25) is 0 Å². The van der Waals surface area contributed by atoms with E-state index in [1.165, 1.54) is 12.3 Å². The number of hydrogen-bond acceptors (Lipinski definition) is 7. The molecule has 2 aliphatic rings. The Labute approximate surface area is 172 Å². The van der Waals surface area contributed by atoms with Crippen molar-refractivity contribution in [2.24, 2.45) is 5.18 Å². The van der Waals surface area contributed by atoms with Gasteiger partial charge in [-0.3, -0.25) is 14.5 Å². The highest BCUT2D eigenvalue weighted by Crippen LogP contribution is 2.37. The lowest BCUT2D eigenvalue weighted by Crippen LogP contribution is -2.37. The van der Waals surface area contributed by atoms with Crippen molar-refractivity contribution in [2.45, 2.75) is 19.4 Å². The van der Waals surface area contributed by atoms with E-state index in [1.54, 1.807) is 16.7 Å². The summed E-state index contributed by atoms with van der Waals surface area (Å²) in [6, 6.07) is 4.69. The number of fused-ring (bicyclic) bond motifs is 3. The van der Waals surface area contributed by atoms with Gasteiger partial charge in [-0.25, -0.2) is 0 Å². The molecule has 0 bridgehead atoms. The number of phenolic OH excluding ortho intramolecular Hbond substituents is 1. The zero-order valence-electron chi connectivity index (χ0n) is 16.5. The summed E-state index contributed by atoms with van der Waals surface area (Å²) in [6.07, 6.45) is 2.84. The van der Waals surface area contributed by atoms with Crippen LogP contribution in [-0.2, 0) is 17.7 Å². The Bertz CT molecular complexity index is 1030. The van der Waals surface area contributed by atoms with Crippen LogP contribution in [0.1, 0.15) is 22.3 Å². The normalized spacial score (nSPS) is 15.9. The molecule has 0 radical (unpaired) electrons. The van der Waals surface area contributed by atoms with Crippen molar-refractivity contribution in [3.8, 4) is 22.8 Å². The number of aromatic hydroxyl groups is 1. The van der Waals surface area contributed by atoms with Gasteiger partial charge < -0.3 is 19.1 Å². The average Bonchev–Trinajstić information content (AvgIpc) is 2.77. The topological polar surface area (TPSA) is 110 Å². The second-order valence-corrected chi connectivity index (χ2v) is 7.41. The molecule has 30 heavy (non-hydrogen) atoms. The van der Waals surface area contributed by atoms with Crippen molar-refractivity contribution in [1.82, 2.24) is 9.47 Å². The summed E-state index contributed by atoms with van der Waals surface area (Å²) in [5.74, 6) is -0.663. The number of amides is 1. The van der Waals surface area contributed by atoms with Gasteiger partial charge in [-0.2, -0.15) is 0 Å². The third-order valence-electron chi connectivity index (χ3n) is 5.50. The third-order valence-corrected chi connectivity index (χ3v) is 5.50. The molecular formula is C21H23N3O6. The highest BCUT2D eigenvalue weighted by Gasteiger charge is 2.22. The number of hydrogen-bond donors (Lipinski definition) is 1. The highest BCUT2D eigenvalue weighted by atomic mass is 16.5. The predicted molar refractivity (Wildman–Crippen MR) is 109 cm³/mol. The highest BCUT2D eigenvalue weighted by molar-refractivity contribution is 5.94. The van der Waals surface area contributed by atoms with E-state index in [2.05, 4.69) is 10.1 Å². The molecule has 1 N–H and O–H groups in total. The second kappa shape index (κ2) is 8.76. The van der Waals surface area contributed by atoms with Gasteiger partial charge >= 0.3 is 5.91 Å². The molecule has 9 heteroatoms. The van der Waals surface area contributed by atoms with Crippen molar-refractivity contribution in [3.63, 3.8) is 0 Å². The molecule has 1 amide bonds. The quantitative estimate of drug-likeness (QED) is 0.568. The number of ether oxygens (including phenoxy) is 2. The van der Waals surface area contributed by atoms with E-state index in [0.29, 0.717) is 36.6 Å². The van der Waals surface area contributed by atoms with Gasteiger partial charge in [0.25, 0.3) is 0 Å². The molecule has 1 aromatic heterocycles. The van der Waals surface area contributed by atoms with E-state index in [1.807, 2.05) is 0 Å². The molecule has 1 aromatic carbocycles. The van der Waals surface area contributed by atoms with Crippen molar-refractivity contribution >= 4 is 5.91 Å². The molecule has 158 valence electrons. The first-order valence-corrected chi connectivity index (χ1v) is 9.98. The Kier molecular flexibility index (Phi) is 5.91. The number of phenols is 1. The van der Waals surface area contributed by atoms with Crippen molar-refractivity contribution in [2.75, 3.05) is 39.5 Å². The number of pyridine rings is 1. The number of aromatic nitrogens is 1. The SMILES string of the molecule is O=NC(=O)c1cn2c(cc1=O)-c1cc(O)c(OCCCN3CCOCC3)cc1CC2. The summed E-state index contributed by atoms with van der Waals surface area (Å²) in [6.45, 7) is 5.32.